The molecule has 0 aliphatic carbocycles. The quantitative estimate of drug-likeness (QED) is 0.653. The number of aryl methyl sites for hydroxylation is 1. The summed E-state index contributed by atoms with van der Waals surface area (Å²) in [5.41, 5.74) is 8.95. The van der Waals surface area contributed by atoms with Gasteiger partial charge in [0.1, 0.15) is 0 Å². The van der Waals surface area contributed by atoms with Gasteiger partial charge in [-0.05, 0) is 55.0 Å². The monoisotopic (exact) mass is 270 g/mol. The van der Waals surface area contributed by atoms with Gasteiger partial charge in [0.05, 0.1) is 11.4 Å². The second-order valence-corrected chi connectivity index (χ2v) is 4.46. The van der Waals surface area contributed by atoms with Gasteiger partial charge in [-0.15, -0.1) is 0 Å². The normalized spacial score (nSPS) is 10.6. The third kappa shape index (κ3) is 3.86. The van der Waals surface area contributed by atoms with Gasteiger partial charge in [0.25, 0.3) is 0 Å². The Labute approximate surface area is 117 Å². The lowest BCUT2D eigenvalue weighted by Crippen LogP contribution is -2.19. The van der Waals surface area contributed by atoms with Crippen LogP contribution in [-0.2, 0) is 0 Å². The Hall–Kier alpha value is -2.27. The van der Waals surface area contributed by atoms with Crippen molar-refractivity contribution in [3.8, 4) is 0 Å². The fraction of sp³-hybridized carbons (Fsp3) is 0.0714. The van der Waals surface area contributed by atoms with Crippen LogP contribution in [0.25, 0.3) is 0 Å². The van der Waals surface area contributed by atoms with Gasteiger partial charge in [0.2, 0.25) is 0 Å². The molecular formula is C14H14N4S. The summed E-state index contributed by atoms with van der Waals surface area (Å²) in [5, 5.41) is 11.5. The molecule has 0 aliphatic rings. The molecule has 0 radical (unpaired) electrons. The van der Waals surface area contributed by atoms with Crippen molar-refractivity contribution in [2.24, 2.45) is 16.0 Å². The van der Waals surface area contributed by atoms with Crippen molar-refractivity contribution in [1.82, 2.24) is 0 Å². The minimum atomic E-state index is 0.252. The molecule has 0 aromatic heterocycles. The molecule has 0 aliphatic heterocycles. The van der Waals surface area contributed by atoms with Crippen LogP contribution >= 0.6 is 12.2 Å². The molecular weight excluding hydrogens is 256 g/mol. The summed E-state index contributed by atoms with van der Waals surface area (Å²) in [6.07, 6.45) is 0. The first kappa shape index (κ1) is 13.2. The first-order chi connectivity index (χ1) is 9.15. The summed E-state index contributed by atoms with van der Waals surface area (Å²) < 4.78 is 0. The Morgan fingerprint density at radius 1 is 1.05 bits per heavy atom. The lowest BCUT2D eigenvalue weighted by molar-refractivity contribution is 1.22. The number of nitrogens with two attached hydrogens (primary N) is 1. The predicted octanol–water partition coefficient (Wildman–Crippen LogP) is 4.07. The molecule has 2 aromatic carbocycles. The Balaban J connectivity index is 2.16. The molecule has 2 aromatic rings. The van der Waals surface area contributed by atoms with E-state index in [0.717, 1.165) is 22.6 Å². The van der Waals surface area contributed by atoms with Crippen LogP contribution in [0.15, 0.2) is 58.8 Å². The number of hydrogen-bond donors (Lipinski definition) is 2. The number of thiocarbonyl (C=S) groups is 1. The summed E-state index contributed by atoms with van der Waals surface area (Å²) in [6, 6.07) is 15.3. The van der Waals surface area contributed by atoms with Crippen molar-refractivity contribution in [1.29, 1.82) is 0 Å². The molecule has 0 amide bonds. The molecule has 0 spiro atoms. The van der Waals surface area contributed by atoms with E-state index in [0.29, 0.717) is 0 Å². The number of hydrogen-bond acceptors (Lipinski definition) is 3. The maximum atomic E-state index is 5.44. The second kappa shape index (κ2) is 6.06. The summed E-state index contributed by atoms with van der Waals surface area (Å²) in [5.74, 6) is 0. The maximum Gasteiger partial charge on any atom is 0.168 e. The fourth-order valence-corrected chi connectivity index (χ4v) is 1.70. The molecule has 3 N–H and O–H groups in total. The maximum absolute atomic E-state index is 5.44. The molecule has 0 heterocycles. The van der Waals surface area contributed by atoms with E-state index in [2.05, 4.69) is 15.5 Å². The highest BCUT2D eigenvalue weighted by atomic mass is 32.1. The minimum absolute atomic E-state index is 0.252. The zero-order valence-corrected chi connectivity index (χ0v) is 11.3. The highest BCUT2D eigenvalue weighted by Gasteiger charge is 2.00. The van der Waals surface area contributed by atoms with Crippen LogP contribution in [0.2, 0.25) is 0 Å². The van der Waals surface area contributed by atoms with Gasteiger partial charge < -0.3 is 11.1 Å². The summed E-state index contributed by atoms with van der Waals surface area (Å²) in [7, 11) is 0. The van der Waals surface area contributed by atoms with E-state index in [1.54, 1.807) is 0 Å². The molecule has 2 rings (SSSR count). The van der Waals surface area contributed by atoms with Gasteiger partial charge in [-0.3, -0.25) is 0 Å². The molecule has 0 fully saturated rings. The smallest absolute Gasteiger partial charge is 0.168 e. The molecule has 0 bridgehead atoms. The van der Waals surface area contributed by atoms with Crippen molar-refractivity contribution < 1.29 is 0 Å². The van der Waals surface area contributed by atoms with Gasteiger partial charge in [-0.2, -0.15) is 10.2 Å². The van der Waals surface area contributed by atoms with Crippen LogP contribution in [-0.4, -0.2) is 5.11 Å². The van der Waals surface area contributed by atoms with Gasteiger partial charge in [-0.1, -0.05) is 18.2 Å². The largest absolute Gasteiger partial charge is 0.376 e. The Bertz CT molecular complexity index is 608. The Morgan fingerprint density at radius 3 is 2.37 bits per heavy atom. The van der Waals surface area contributed by atoms with Crippen LogP contribution in [0.3, 0.4) is 0 Å². The molecule has 5 heteroatoms. The van der Waals surface area contributed by atoms with E-state index in [-0.39, 0.29) is 5.11 Å². The number of nitrogens with zero attached hydrogens (tertiary/aromatic N) is 2. The summed E-state index contributed by atoms with van der Waals surface area (Å²) in [4.78, 5) is 0. The lowest BCUT2D eigenvalue weighted by atomic mass is 10.2. The van der Waals surface area contributed by atoms with Crippen LogP contribution in [0.1, 0.15) is 5.56 Å². The zero-order valence-electron chi connectivity index (χ0n) is 10.5. The van der Waals surface area contributed by atoms with Crippen LogP contribution in [0, 0.1) is 6.92 Å². The minimum Gasteiger partial charge on any atom is -0.376 e. The van der Waals surface area contributed by atoms with E-state index < -0.39 is 0 Å². The highest BCUT2D eigenvalue weighted by molar-refractivity contribution is 7.80. The van der Waals surface area contributed by atoms with Gasteiger partial charge in [0, 0.05) is 5.69 Å². The number of anilines is 1. The molecule has 0 saturated carbocycles. The van der Waals surface area contributed by atoms with Crippen molar-refractivity contribution in [2.45, 2.75) is 6.92 Å². The van der Waals surface area contributed by atoms with E-state index in [1.165, 1.54) is 0 Å². The van der Waals surface area contributed by atoms with Crippen molar-refractivity contribution in [3.05, 3.63) is 54.1 Å². The van der Waals surface area contributed by atoms with Crippen molar-refractivity contribution >= 4 is 34.4 Å². The van der Waals surface area contributed by atoms with E-state index in [4.69, 9.17) is 18.0 Å². The topological polar surface area (TPSA) is 62.8 Å². The molecule has 0 unspecified atom stereocenters. The first-order valence-corrected chi connectivity index (χ1v) is 6.20. The Morgan fingerprint density at radius 2 is 1.74 bits per heavy atom. The van der Waals surface area contributed by atoms with Crippen LogP contribution in [0.4, 0.5) is 17.1 Å². The molecule has 0 saturated heterocycles. The third-order valence-electron chi connectivity index (χ3n) is 2.50. The second-order valence-electron chi connectivity index (χ2n) is 4.02. The van der Waals surface area contributed by atoms with Gasteiger partial charge in [0.15, 0.2) is 5.11 Å². The van der Waals surface area contributed by atoms with Crippen LogP contribution < -0.4 is 11.1 Å². The average molecular weight is 270 g/mol. The Kier molecular flexibility index (Phi) is 4.20. The van der Waals surface area contributed by atoms with Crippen molar-refractivity contribution in [2.75, 3.05) is 5.32 Å². The molecule has 96 valence electrons. The number of azo groups is 1. The zero-order chi connectivity index (χ0) is 13.7. The SMILES string of the molecule is Cc1cc(N=Nc2ccccc2)ccc1NC(N)=S. The van der Waals surface area contributed by atoms with E-state index in [9.17, 15) is 0 Å². The summed E-state index contributed by atoms with van der Waals surface area (Å²) in [6.45, 7) is 1.96. The highest BCUT2D eigenvalue weighted by Crippen LogP contribution is 2.23. The van der Waals surface area contributed by atoms with E-state index >= 15 is 0 Å². The predicted molar refractivity (Wildman–Crippen MR) is 82.2 cm³/mol. The van der Waals surface area contributed by atoms with Gasteiger partial charge >= 0.3 is 0 Å². The lowest BCUT2D eigenvalue weighted by Gasteiger charge is -2.07. The third-order valence-corrected chi connectivity index (χ3v) is 2.61. The van der Waals surface area contributed by atoms with Gasteiger partial charge in [-0.25, -0.2) is 0 Å². The molecule has 0 atom stereocenters. The van der Waals surface area contributed by atoms with Crippen molar-refractivity contribution in [3.63, 3.8) is 0 Å². The average Bonchev–Trinajstić information content (AvgIpc) is 2.40. The number of rotatable bonds is 3. The number of benzene rings is 2. The molecule has 4 nitrogen and oxygen atoms in total. The molecule has 19 heavy (non-hydrogen) atoms. The summed E-state index contributed by atoms with van der Waals surface area (Å²) >= 11 is 4.81. The first-order valence-electron chi connectivity index (χ1n) is 5.79. The van der Waals surface area contributed by atoms with Crippen LogP contribution in [0.5, 0.6) is 0 Å². The fourth-order valence-electron chi connectivity index (χ4n) is 1.59. The standard InChI is InChI=1S/C14H14N4S/c1-10-9-12(7-8-13(10)16-14(15)19)18-17-11-5-3-2-4-6-11/h2-9H,1H3,(H3,15,16,19). The number of nitrogens with one attached hydrogen (secondary N) is 1. The van der Waals surface area contributed by atoms with E-state index in [1.807, 2.05) is 55.5 Å².